The molecule has 2 aliphatic rings. The molecule has 0 aliphatic carbocycles. The fourth-order valence-corrected chi connectivity index (χ4v) is 5.47. The zero-order chi connectivity index (χ0) is 18.0. The lowest BCUT2D eigenvalue weighted by atomic mass is 10.0. The van der Waals surface area contributed by atoms with E-state index in [1.165, 1.54) is 11.1 Å². The average Bonchev–Trinajstić information content (AvgIpc) is 2.90. The molecule has 2 aliphatic heterocycles. The summed E-state index contributed by atoms with van der Waals surface area (Å²) < 4.78 is 29.1. The van der Waals surface area contributed by atoms with Crippen molar-refractivity contribution in [3.05, 3.63) is 29.3 Å². The van der Waals surface area contributed by atoms with Crippen molar-refractivity contribution in [2.24, 2.45) is 5.92 Å². The maximum Gasteiger partial charge on any atom is 0.222 e. The SMILES string of the molecule is Cc1ccc(OC2CCN(C(=O)CC3CCS(=O)(=O)C3)CC2)cc1C. The van der Waals surface area contributed by atoms with Gasteiger partial charge in [0.05, 0.1) is 11.5 Å². The maximum absolute atomic E-state index is 12.4. The number of piperidine rings is 1. The molecule has 138 valence electrons. The number of nitrogens with zero attached hydrogens (tertiary/aromatic N) is 1. The van der Waals surface area contributed by atoms with Gasteiger partial charge in [0.25, 0.3) is 0 Å². The summed E-state index contributed by atoms with van der Waals surface area (Å²) >= 11 is 0. The van der Waals surface area contributed by atoms with Crippen LogP contribution in [0.5, 0.6) is 5.75 Å². The van der Waals surface area contributed by atoms with Crippen LogP contribution < -0.4 is 4.74 Å². The van der Waals surface area contributed by atoms with E-state index in [-0.39, 0.29) is 29.4 Å². The molecule has 2 fully saturated rings. The largest absolute Gasteiger partial charge is 0.490 e. The summed E-state index contributed by atoms with van der Waals surface area (Å²) in [6, 6.07) is 6.13. The normalized spacial score (nSPS) is 23.6. The first kappa shape index (κ1) is 18.2. The van der Waals surface area contributed by atoms with Gasteiger partial charge in [0.2, 0.25) is 5.91 Å². The predicted octanol–water partition coefficient (Wildman–Crippen LogP) is 2.50. The summed E-state index contributed by atoms with van der Waals surface area (Å²) in [5.74, 6) is 1.39. The molecule has 1 aromatic rings. The third-order valence-electron chi connectivity index (χ3n) is 5.37. The van der Waals surface area contributed by atoms with E-state index >= 15 is 0 Å². The molecule has 0 spiro atoms. The highest BCUT2D eigenvalue weighted by molar-refractivity contribution is 7.91. The molecule has 1 amide bonds. The number of hydrogen-bond acceptors (Lipinski definition) is 4. The van der Waals surface area contributed by atoms with Crippen molar-refractivity contribution in [2.45, 2.75) is 45.6 Å². The van der Waals surface area contributed by atoms with E-state index in [2.05, 4.69) is 26.0 Å². The third kappa shape index (κ3) is 4.75. The van der Waals surface area contributed by atoms with Gasteiger partial charge < -0.3 is 9.64 Å². The number of benzene rings is 1. The maximum atomic E-state index is 12.4. The predicted molar refractivity (Wildman–Crippen MR) is 97.5 cm³/mol. The minimum Gasteiger partial charge on any atom is -0.490 e. The summed E-state index contributed by atoms with van der Waals surface area (Å²) in [4.78, 5) is 14.3. The molecule has 0 N–H and O–H groups in total. The van der Waals surface area contributed by atoms with Gasteiger partial charge in [0.15, 0.2) is 9.84 Å². The van der Waals surface area contributed by atoms with Gasteiger partial charge in [0, 0.05) is 32.4 Å². The smallest absolute Gasteiger partial charge is 0.222 e. The second-order valence-corrected chi connectivity index (χ2v) is 9.65. The number of ether oxygens (including phenoxy) is 1. The van der Waals surface area contributed by atoms with Crippen LogP contribution in [0.1, 0.15) is 36.8 Å². The molecule has 6 heteroatoms. The van der Waals surface area contributed by atoms with Crippen LogP contribution in [0.2, 0.25) is 0 Å². The topological polar surface area (TPSA) is 63.7 Å². The van der Waals surface area contributed by atoms with Gasteiger partial charge in [-0.25, -0.2) is 8.42 Å². The molecule has 1 unspecified atom stereocenters. The molecule has 0 bridgehead atoms. The number of carbonyl (C=O) groups is 1. The Morgan fingerprint density at radius 3 is 2.48 bits per heavy atom. The summed E-state index contributed by atoms with van der Waals surface area (Å²) in [7, 11) is -2.91. The molecule has 2 saturated heterocycles. The van der Waals surface area contributed by atoms with E-state index in [1.807, 2.05) is 11.0 Å². The molecule has 0 aromatic heterocycles. The van der Waals surface area contributed by atoms with E-state index < -0.39 is 9.84 Å². The quantitative estimate of drug-likeness (QED) is 0.822. The second-order valence-electron chi connectivity index (χ2n) is 7.42. The number of sulfone groups is 1. The summed E-state index contributed by atoms with van der Waals surface area (Å²) in [5.41, 5.74) is 2.47. The van der Waals surface area contributed by atoms with Crippen LogP contribution in [-0.4, -0.2) is 49.9 Å². The van der Waals surface area contributed by atoms with Gasteiger partial charge >= 0.3 is 0 Å². The Bertz CT molecular complexity index is 736. The van der Waals surface area contributed by atoms with Crippen molar-refractivity contribution >= 4 is 15.7 Å². The van der Waals surface area contributed by atoms with Gasteiger partial charge in [-0.2, -0.15) is 0 Å². The highest BCUT2D eigenvalue weighted by Crippen LogP contribution is 2.25. The van der Waals surface area contributed by atoms with Gasteiger partial charge in [-0.15, -0.1) is 0 Å². The molecular formula is C19H27NO4S. The molecule has 2 heterocycles. The molecular weight excluding hydrogens is 338 g/mol. The number of likely N-dealkylation sites (tertiary alicyclic amines) is 1. The Balaban J connectivity index is 1.46. The number of hydrogen-bond donors (Lipinski definition) is 0. The van der Waals surface area contributed by atoms with Crippen molar-refractivity contribution in [2.75, 3.05) is 24.6 Å². The Hall–Kier alpha value is -1.56. The fourth-order valence-electron chi connectivity index (χ4n) is 3.61. The number of rotatable bonds is 4. The summed E-state index contributed by atoms with van der Waals surface area (Å²) in [6.07, 6.45) is 2.77. The molecule has 0 radical (unpaired) electrons. The molecule has 1 atom stereocenters. The van der Waals surface area contributed by atoms with Crippen LogP contribution in [0.25, 0.3) is 0 Å². The summed E-state index contributed by atoms with van der Waals surface area (Å²) in [6.45, 7) is 5.53. The van der Waals surface area contributed by atoms with Gasteiger partial charge in [-0.3, -0.25) is 4.79 Å². The minimum absolute atomic E-state index is 0.00186. The van der Waals surface area contributed by atoms with E-state index in [4.69, 9.17) is 4.74 Å². The Kier molecular flexibility index (Phi) is 5.37. The van der Waals surface area contributed by atoms with Crippen LogP contribution in [0.4, 0.5) is 0 Å². The lowest BCUT2D eigenvalue weighted by Gasteiger charge is -2.32. The molecule has 5 nitrogen and oxygen atoms in total. The number of carbonyl (C=O) groups excluding carboxylic acids is 1. The Morgan fingerprint density at radius 1 is 1.16 bits per heavy atom. The van der Waals surface area contributed by atoms with Crippen LogP contribution >= 0.6 is 0 Å². The highest BCUT2D eigenvalue weighted by atomic mass is 32.2. The second kappa shape index (κ2) is 7.36. The molecule has 25 heavy (non-hydrogen) atoms. The minimum atomic E-state index is -2.91. The van der Waals surface area contributed by atoms with Crippen molar-refractivity contribution < 1.29 is 17.9 Å². The van der Waals surface area contributed by atoms with Crippen LogP contribution in [-0.2, 0) is 14.6 Å². The summed E-state index contributed by atoms with van der Waals surface area (Å²) in [5, 5.41) is 0. The zero-order valence-electron chi connectivity index (χ0n) is 15.0. The number of aryl methyl sites for hydroxylation is 2. The van der Waals surface area contributed by atoms with E-state index in [0.29, 0.717) is 25.9 Å². The van der Waals surface area contributed by atoms with E-state index in [0.717, 1.165) is 18.6 Å². The van der Waals surface area contributed by atoms with E-state index in [9.17, 15) is 13.2 Å². The third-order valence-corrected chi connectivity index (χ3v) is 7.20. The van der Waals surface area contributed by atoms with Crippen LogP contribution in [0.3, 0.4) is 0 Å². The van der Waals surface area contributed by atoms with Crippen LogP contribution in [0.15, 0.2) is 18.2 Å². The monoisotopic (exact) mass is 365 g/mol. The highest BCUT2D eigenvalue weighted by Gasteiger charge is 2.32. The van der Waals surface area contributed by atoms with Gasteiger partial charge in [0.1, 0.15) is 11.9 Å². The van der Waals surface area contributed by atoms with Crippen molar-refractivity contribution in [1.82, 2.24) is 4.90 Å². The van der Waals surface area contributed by atoms with Crippen molar-refractivity contribution in [3.63, 3.8) is 0 Å². The van der Waals surface area contributed by atoms with Gasteiger partial charge in [-0.1, -0.05) is 6.07 Å². The van der Waals surface area contributed by atoms with Crippen molar-refractivity contribution in [3.8, 4) is 5.75 Å². The van der Waals surface area contributed by atoms with Crippen molar-refractivity contribution in [1.29, 1.82) is 0 Å². The first-order valence-corrected chi connectivity index (χ1v) is 10.9. The standard InChI is InChI=1S/C19H27NO4S/c1-14-3-4-18(11-15(14)2)24-17-5-8-20(9-6-17)19(21)12-16-7-10-25(22,23)13-16/h3-4,11,16-17H,5-10,12-13H2,1-2H3. The first-order valence-electron chi connectivity index (χ1n) is 9.04. The Morgan fingerprint density at radius 2 is 1.88 bits per heavy atom. The first-order chi connectivity index (χ1) is 11.8. The van der Waals surface area contributed by atoms with Crippen LogP contribution in [0, 0.1) is 19.8 Å². The lowest BCUT2D eigenvalue weighted by molar-refractivity contribution is -0.133. The van der Waals surface area contributed by atoms with Gasteiger partial charge in [-0.05, 0) is 49.4 Å². The zero-order valence-corrected chi connectivity index (χ0v) is 15.8. The molecule has 0 saturated carbocycles. The average molecular weight is 365 g/mol. The Labute approximate surface area is 150 Å². The van der Waals surface area contributed by atoms with E-state index in [1.54, 1.807) is 0 Å². The molecule has 3 rings (SSSR count). The lowest BCUT2D eigenvalue weighted by Crippen LogP contribution is -2.42. The number of amides is 1. The molecule has 1 aromatic carbocycles. The fraction of sp³-hybridized carbons (Fsp3) is 0.632.